The largest absolute Gasteiger partial charge is 0.476 e. The topological polar surface area (TPSA) is 90.1 Å². The van der Waals surface area contributed by atoms with Gasteiger partial charge in [-0.3, -0.25) is 4.68 Å². The van der Waals surface area contributed by atoms with E-state index in [-0.39, 0.29) is 18.1 Å². The number of carboxylic acids is 1. The zero-order valence-electron chi connectivity index (χ0n) is 16.0. The van der Waals surface area contributed by atoms with Crippen molar-refractivity contribution in [1.82, 2.24) is 19.7 Å². The molecule has 1 N–H and O–H groups in total. The third-order valence-corrected chi connectivity index (χ3v) is 4.28. The van der Waals surface area contributed by atoms with E-state index in [1.54, 1.807) is 30.7 Å². The molecule has 0 amide bonds. The monoisotopic (exact) mass is 408 g/mol. The van der Waals surface area contributed by atoms with E-state index >= 15 is 0 Å². The van der Waals surface area contributed by atoms with E-state index in [0.717, 1.165) is 0 Å². The second kappa shape index (κ2) is 7.69. The number of fused-ring (bicyclic) bond motifs is 1. The third-order valence-electron chi connectivity index (χ3n) is 4.28. The molecule has 0 unspecified atom stereocenters. The van der Waals surface area contributed by atoms with Gasteiger partial charge in [0.2, 0.25) is 5.88 Å². The van der Waals surface area contributed by atoms with Crippen LogP contribution in [0.15, 0.2) is 18.3 Å². The molecule has 0 aromatic carbocycles. The fourth-order valence-electron chi connectivity index (χ4n) is 3.16. The molecule has 0 atom stereocenters. The highest BCUT2D eigenvalue weighted by atomic mass is 19.4. The number of aryl methyl sites for hydroxylation is 3. The van der Waals surface area contributed by atoms with Crippen molar-refractivity contribution in [2.45, 2.75) is 39.9 Å². The average Bonchev–Trinajstić information content (AvgIpc) is 2.95. The Kier molecular flexibility index (Phi) is 5.45. The number of hydrogen-bond acceptors (Lipinski definition) is 5. The molecule has 10 heteroatoms. The number of aromatic nitrogens is 4. The van der Waals surface area contributed by atoms with Crippen molar-refractivity contribution in [3.63, 3.8) is 0 Å². The number of carboxylic acid groups (broad SMARTS) is 1. The van der Waals surface area contributed by atoms with Crippen molar-refractivity contribution < 1.29 is 27.8 Å². The molecule has 0 aliphatic carbocycles. The van der Waals surface area contributed by atoms with Crippen LogP contribution in [0.5, 0.6) is 5.88 Å². The Hall–Kier alpha value is -3.17. The molecule has 3 aromatic heterocycles. The van der Waals surface area contributed by atoms with Crippen LogP contribution in [0.2, 0.25) is 0 Å². The van der Waals surface area contributed by atoms with Crippen molar-refractivity contribution in [3.8, 4) is 5.88 Å². The molecule has 0 aliphatic heterocycles. The lowest BCUT2D eigenvalue weighted by Gasteiger charge is -2.12. The van der Waals surface area contributed by atoms with Crippen LogP contribution in [-0.4, -0.2) is 43.6 Å². The molecule has 0 fully saturated rings. The van der Waals surface area contributed by atoms with E-state index < -0.39 is 18.8 Å². The van der Waals surface area contributed by atoms with Crippen LogP contribution >= 0.6 is 0 Å². The number of aromatic carboxylic acids is 1. The molecule has 154 valence electrons. The molecule has 3 heterocycles. The van der Waals surface area contributed by atoms with Crippen LogP contribution in [0.1, 0.15) is 39.9 Å². The van der Waals surface area contributed by atoms with Gasteiger partial charge >= 0.3 is 12.1 Å². The van der Waals surface area contributed by atoms with Gasteiger partial charge in [-0.25, -0.2) is 14.8 Å². The molecule has 7 nitrogen and oxygen atoms in total. The summed E-state index contributed by atoms with van der Waals surface area (Å²) in [6.45, 7) is 4.07. The Bertz CT molecular complexity index is 1080. The summed E-state index contributed by atoms with van der Waals surface area (Å²) in [6, 6.07) is 3.39. The standard InChI is InChI=1S/C19H19F3N4O3/c1-4-14-15-13(6-11(3)24-16(15)18(27)28)25-26(14)8-12-5-10(2)17(23-7-12)29-9-19(20,21)22/h5-7H,4,8-9H2,1-3H3,(H,27,28). The Labute approximate surface area is 164 Å². The number of halogens is 3. The molecule has 3 aromatic rings. The minimum absolute atomic E-state index is 0.0479. The van der Waals surface area contributed by atoms with Crippen LogP contribution < -0.4 is 4.74 Å². The van der Waals surface area contributed by atoms with Crippen molar-refractivity contribution in [1.29, 1.82) is 0 Å². The number of rotatable bonds is 6. The zero-order valence-corrected chi connectivity index (χ0v) is 16.0. The number of pyridine rings is 2. The second-order valence-electron chi connectivity index (χ2n) is 6.64. The number of alkyl halides is 3. The SMILES string of the molecule is CCc1c2c(C(=O)O)nc(C)cc2nn1Cc1cnc(OCC(F)(F)F)c(C)c1. The maximum Gasteiger partial charge on any atom is 0.422 e. The van der Waals surface area contributed by atoms with Gasteiger partial charge < -0.3 is 9.84 Å². The first kappa shape index (κ1) is 20.6. The lowest BCUT2D eigenvalue weighted by atomic mass is 10.1. The summed E-state index contributed by atoms with van der Waals surface area (Å²) in [5.74, 6) is -1.21. The first-order chi connectivity index (χ1) is 13.6. The quantitative estimate of drug-likeness (QED) is 0.669. The van der Waals surface area contributed by atoms with Crippen LogP contribution in [0.3, 0.4) is 0 Å². The highest BCUT2D eigenvalue weighted by Gasteiger charge is 2.29. The van der Waals surface area contributed by atoms with Crippen LogP contribution in [0.4, 0.5) is 13.2 Å². The fourth-order valence-corrected chi connectivity index (χ4v) is 3.16. The highest BCUT2D eigenvalue weighted by molar-refractivity contribution is 6.02. The van der Waals surface area contributed by atoms with E-state index in [1.165, 1.54) is 6.20 Å². The summed E-state index contributed by atoms with van der Waals surface area (Å²) in [4.78, 5) is 19.7. The fraction of sp³-hybridized carbons (Fsp3) is 0.368. The molecular weight excluding hydrogens is 389 g/mol. The van der Waals surface area contributed by atoms with Gasteiger partial charge in [0.05, 0.1) is 17.4 Å². The lowest BCUT2D eigenvalue weighted by molar-refractivity contribution is -0.154. The number of ether oxygens (including phenoxy) is 1. The number of carbonyl (C=O) groups is 1. The number of hydrogen-bond donors (Lipinski definition) is 1. The average molecular weight is 408 g/mol. The van der Waals surface area contributed by atoms with Crippen molar-refractivity contribution in [3.05, 3.63) is 46.5 Å². The highest BCUT2D eigenvalue weighted by Crippen LogP contribution is 2.25. The summed E-state index contributed by atoms with van der Waals surface area (Å²) >= 11 is 0. The Balaban J connectivity index is 1.95. The Morgan fingerprint density at radius 3 is 2.59 bits per heavy atom. The first-order valence-electron chi connectivity index (χ1n) is 8.84. The molecule has 0 spiro atoms. The second-order valence-corrected chi connectivity index (χ2v) is 6.64. The van der Waals surface area contributed by atoms with Gasteiger partial charge in [-0.15, -0.1) is 0 Å². The maximum absolute atomic E-state index is 12.3. The predicted octanol–water partition coefficient (Wildman–Crippen LogP) is 3.69. The summed E-state index contributed by atoms with van der Waals surface area (Å²) < 4.78 is 43.4. The minimum atomic E-state index is -4.44. The van der Waals surface area contributed by atoms with Gasteiger partial charge in [0.25, 0.3) is 0 Å². The normalized spacial score (nSPS) is 11.8. The van der Waals surface area contributed by atoms with Crippen LogP contribution in [-0.2, 0) is 13.0 Å². The molecule has 0 aliphatic rings. The Morgan fingerprint density at radius 1 is 1.28 bits per heavy atom. The smallest absolute Gasteiger partial charge is 0.422 e. The van der Waals surface area contributed by atoms with Crippen molar-refractivity contribution in [2.24, 2.45) is 0 Å². The molecule has 0 radical (unpaired) electrons. The molecule has 29 heavy (non-hydrogen) atoms. The summed E-state index contributed by atoms with van der Waals surface area (Å²) in [7, 11) is 0. The van der Waals surface area contributed by atoms with Crippen LogP contribution in [0.25, 0.3) is 10.9 Å². The van der Waals surface area contributed by atoms with E-state index in [9.17, 15) is 23.1 Å². The minimum Gasteiger partial charge on any atom is -0.476 e. The van der Waals surface area contributed by atoms with Gasteiger partial charge in [-0.2, -0.15) is 18.3 Å². The van der Waals surface area contributed by atoms with Crippen molar-refractivity contribution >= 4 is 16.9 Å². The maximum atomic E-state index is 12.3. The predicted molar refractivity (Wildman–Crippen MR) is 98.2 cm³/mol. The summed E-state index contributed by atoms with van der Waals surface area (Å²) in [5.41, 5.74) is 2.90. The van der Waals surface area contributed by atoms with Gasteiger partial charge in [-0.1, -0.05) is 6.92 Å². The third kappa shape index (κ3) is 4.47. The molecule has 0 saturated carbocycles. The van der Waals surface area contributed by atoms with Crippen molar-refractivity contribution in [2.75, 3.05) is 6.61 Å². The van der Waals surface area contributed by atoms with Gasteiger partial charge in [-0.05, 0) is 38.0 Å². The van der Waals surface area contributed by atoms with E-state index in [1.807, 2.05) is 6.92 Å². The molecular formula is C19H19F3N4O3. The molecule has 3 rings (SSSR count). The van der Waals surface area contributed by atoms with E-state index in [0.29, 0.717) is 39.8 Å². The molecule has 0 saturated heterocycles. The van der Waals surface area contributed by atoms with E-state index in [2.05, 4.69) is 15.1 Å². The first-order valence-corrected chi connectivity index (χ1v) is 8.84. The number of nitrogens with zero attached hydrogens (tertiary/aromatic N) is 4. The lowest BCUT2D eigenvalue weighted by Crippen LogP contribution is -2.20. The zero-order chi connectivity index (χ0) is 21.3. The Morgan fingerprint density at radius 2 is 2.00 bits per heavy atom. The summed E-state index contributed by atoms with van der Waals surface area (Å²) in [5, 5.41) is 14.5. The van der Waals surface area contributed by atoms with Gasteiger partial charge in [0, 0.05) is 23.1 Å². The van der Waals surface area contributed by atoms with E-state index in [4.69, 9.17) is 4.74 Å². The van der Waals surface area contributed by atoms with Gasteiger partial charge in [0.1, 0.15) is 0 Å². The molecule has 0 bridgehead atoms. The van der Waals surface area contributed by atoms with Crippen LogP contribution in [0, 0.1) is 13.8 Å². The van der Waals surface area contributed by atoms with Gasteiger partial charge in [0.15, 0.2) is 12.3 Å². The summed E-state index contributed by atoms with van der Waals surface area (Å²) in [6.07, 6.45) is -2.49.